The van der Waals surface area contributed by atoms with E-state index in [1.807, 2.05) is 0 Å². The Hall–Kier alpha value is -0.680. The maximum atomic E-state index is 3.97. The first kappa shape index (κ1) is 33.3. The molecule has 1 nitrogen and oxygen atoms in total. The van der Waals surface area contributed by atoms with Crippen molar-refractivity contribution in [3.63, 3.8) is 0 Å². The van der Waals surface area contributed by atoms with Gasteiger partial charge in [0.2, 0.25) is 0 Å². The minimum absolute atomic E-state index is 1.07. The maximum Gasteiger partial charge on any atom is 0.0555 e. The quantitative estimate of drug-likeness (QED) is 0.0803. The molecule has 0 aromatic carbocycles. The molecule has 0 amide bonds. The zero-order valence-corrected chi connectivity index (χ0v) is 24.2. The van der Waals surface area contributed by atoms with Gasteiger partial charge in [0, 0.05) is 13.1 Å². The summed E-state index contributed by atoms with van der Waals surface area (Å²) in [6, 6.07) is 0. The molecular weight excluding hydrogens is 410 g/mol. The van der Waals surface area contributed by atoms with Gasteiger partial charge in [-0.2, -0.15) is 0 Å². The zero-order chi connectivity index (χ0) is 25.0. The fourth-order valence-corrected chi connectivity index (χ4v) is 5.13. The van der Waals surface area contributed by atoms with Gasteiger partial charge in [-0.25, -0.2) is 0 Å². The first-order valence-electron chi connectivity index (χ1n) is 15.9. The van der Waals surface area contributed by atoms with Crippen molar-refractivity contribution in [2.24, 2.45) is 0 Å². The van der Waals surface area contributed by atoms with Crippen molar-refractivity contribution >= 4 is 0 Å². The van der Waals surface area contributed by atoms with E-state index in [0.717, 1.165) is 6.42 Å². The molecule has 34 heavy (non-hydrogen) atoms. The van der Waals surface area contributed by atoms with Gasteiger partial charge in [-0.05, 0) is 19.3 Å². The molecule has 0 rings (SSSR count). The molecule has 0 aliphatic rings. The molecule has 1 heteroatoms. The second-order valence-electron chi connectivity index (χ2n) is 10.7. The summed E-state index contributed by atoms with van der Waals surface area (Å²) in [7, 11) is 0. The van der Waals surface area contributed by atoms with Gasteiger partial charge in [0.1, 0.15) is 0 Å². The van der Waals surface area contributed by atoms with Crippen LogP contribution in [0.25, 0.3) is 0 Å². The van der Waals surface area contributed by atoms with Crippen molar-refractivity contribution in [1.29, 1.82) is 0 Å². The van der Waals surface area contributed by atoms with E-state index in [1.54, 1.807) is 0 Å². The Morgan fingerprint density at radius 3 is 0.941 bits per heavy atom. The Labute approximate surface area is 217 Å². The molecule has 0 heterocycles. The monoisotopic (exact) mass is 476 g/mol. The summed E-state index contributed by atoms with van der Waals surface area (Å²) < 4.78 is 0. The van der Waals surface area contributed by atoms with Gasteiger partial charge < -0.3 is 4.90 Å². The van der Waals surface area contributed by atoms with E-state index in [9.17, 15) is 0 Å². The lowest BCUT2D eigenvalue weighted by atomic mass is 10.0. The Morgan fingerprint density at radius 2 is 0.706 bits per heavy atom. The van der Waals surface area contributed by atoms with Crippen LogP contribution in [-0.2, 0) is 0 Å². The Bertz CT molecular complexity index is 406. The SMILES string of the molecule is C=C=C(CC)N(CCCCCCCCCCCCCC)CCCCCCCCCCCCCC. The standard InChI is InChI=1S/C33H65N/c1-5-9-11-13-15-17-19-21-23-25-27-29-31-34(33(7-3)8-4)32-30-28-26-24-22-20-18-16-14-12-10-6-2/h3,5-6,8-32H2,1-2,4H3. The average Bonchev–Trinajstić information content (AvgIpc) is 2.85. The Balaban J connectivity index is 3.70. The van der Waals surface area contributed by atoms with E-state index in [4.69, 9.17) is 0 Å². The van der Waals surface area contributed by atoms with E-state index in [2.05, 4.69) is 38.0 Å². The van der Waals surface area contributed by atoms with Crippen molar-refractivity contribution < 1.29 is 0 Å². The summed E-state index contributed by atoms with van der Waals surface area (Å²) in [4.78, 5) is 2.60. The minimum atomic E-state index is 1.07. The summed E-state index contributed by atoms with van der Waals surface area (Å²) in [6.45, 7) is 13.2. The van der Waals surface area contributed by atoms with E-state index < -0.39 is 0 Å². The molecule has 0 aromatic heterocycles. The average molecular weight is 476 g/mol. The molecule has 0 N–H and O–H groups in total. The van der Waals surface area contributed by atoms with Crippen LogP contribution >= 0.6 is 0 Å². The fraction of sp³-hybridized carbons (Fsp3) is 0.909. The second kappa shape index (κ2) is 28.6. The van der Waals surface area contributed by atoms with Gasteiger partial charge in [-0.3, -0.25) is 0 Å². The third-order valence-electron chi connectivity index (χ3n) is 7.48. The first-order chi connectivity index (χ1) is 16.8. The molecule has 0 bridgehead atoms. The molecular formula is C33H65N. The van der Waals surface area contributed by atoms with Gasteiger partial charge in [-0.15, -0.1) is 5.73 Å². The number of hydrogen-bond acceptors (Lipinski definition) is 1. The minimum Gasteiger partial charge on any atom is -0.369 e. The summed E-state index contributed by atoms with van der Waals surface area (Å²) in [5.41, 5.74) is 4.57. The maximum absolute atomic E-state index is 3.97. The molecule has 0 radical (unpaired) electrons. The molecule has 202 valence electrons. The Kier molecular flexibility index (Phi) is 28.0. The topological polar surface area (TPSA) is 3.24 Å². The summed E-state index contributed by atoms with van der Waals surface area (Å²) in [5.74, 6) is 0. The summed E-state index contributed by atoms with van der Waals surface area (Å²) in [6.07, 6.45) is 35.3. The molecule has 0 aromatic rings. The van der Waals surface area contributed by atoms with E-state index in [0.29, 0.717) is 0 Å². The summed E-state index contributed by atoms with van der Waals surface area (Å²) in [5, 5.41) is 0. The van der Waals surface area contributed by atoms with Crippen LogP contribution in [0, 0.1) is 0 Å². The van der Waals surface area contributed by atoms with Gasteiger partial charge in [0.15, 0.2) is 0 Å². The molecule has 0 saturated carbocycles. The number of hydrogen-bond donors (Lipinski definition) is 0. The van der Waals surface area contributed by atoms with Crippen molar-refractivity contribution in [2.45, 2.75) is 181 Å². The lowest BCUT2D eigenvalue weighted by Crippen LogP contribution is -2.25. The highest BCUT2D eigenvalue weighted by atomic mass is 15.1. The van der Waals surface area contributed by atoms with Crippen LogP contribution in [0.4, 0.5) is 0 Å². The van der Waals surface area contributed by atoms with Gasteiger partial charge in [0.25, 0.3) is 0 Å². The highest BCUT2D eigenvalue weighted by Gasteiger charge is 2.07. The lowest BCUT2D eigenvalue weighted by molar-refractivity contribution is 0.315. The van der Waals surface area contributed by atoms with Crippen LogP contribution in [0.5, 0.6) is 0 Å². The van der Waals surface area contributed by atoms with E-state index in [1.165, 1.54) is 173 Å². The third-order valence-corrected chi connectivity index (χ3v) is 7.48. The lowest BCUT2D eigenvalue weighted by Gasteiger charge is -2.26. The van der Waals surface area contributed by atoms with Crippen LogP contribution in [-0.4, -0.2) is 18.0 Å². The Morgan fingerprint density at radius 1 is 0.441 bits per heavy atom. The van der Waals surface area contributed by atoms with Crippen molar-refractivity contribution in [1.82, 2.24) is 4.90 Å². The summed E-state index contributed by atoms with van der Waals surface area (Å²) >= 11 is 0. The van der Waals surface area contributed by atoms with Crippen LogP contribution in [0.15, 0.2) is 18.0 Å². The predicted molar refractivity (Wildman–Crippen MR) is 157 cm³/mol. The number of rotatable bonds is 28. The number of unbranched alkanes of at least 4 members (excludes halogenated alkanes) is 22. The molecule has 0 aliphatic heterocycles. The van der Waals surface area contributed by atoms with Gasteiger partial charge in [0.05, 0.1) is 5.70 Å². The molecule has 0 saturated heterocycles. The fourth-order valence-electron chi connectivity index (χ4n) is 5.13. The number of allylic oxidation sites excluding steroid dienone is 1. The second-order valence-corrected chi connectivity index (χ2v) is 10.7. The van der Waals surface area contributed by atoms with Crippen molar-refractivity contribution in [2.75, 3.05) is 13.1 Å². The zero-order valence-electron chi connectivity index (χ0n) is 24.2. The predicted octanol–water partition coefficient (Wildman–Crippen LogP) is 11.8. The van der Waals surface area contributed by atoms with E-state index in [-0.39, 0.29) is 0 Å². The highest BCUT2D eigenvalue weighted by Crippen LogP contribution is 2.16. The van der Waals surface area contributed by atoms with Gasteiger partial charge in [-0.1, -0.05) is 169 Å². The van der Waals surface area contributed by atoms with E-state index >= 15 is 0 Å². The third kappa shape index (κ3) is 23.1. The smallest absolute Gasteiger partial charge is 0.0555 e. The first-order valence-corrected chi connectivity index (χ1v) is 15.9. The largest absolute Gasteiger partial charge is 0.369 e. The molecule has 0 aliphatic carbocycles. The van der Waals surface area contributed by atoms with Crippen LogP contribution in [0.3, 0.4) is 0 Å². The van der Waals surface area contributed by atoms with Crippen molar-refractivity contribution in [3.05, 3.63) is 18.0 Å². The molecule has 0 fully saturated rings. The number of nitrogens with zero attached hydrogens (tertiary/aromatic N) is 1. The van der Waals surface area contributed by atoms with Gasteiger partial charge >= 0.3 is 0 Å². The highest BCUT2D eigenvalue weighted by molar-refractivity contribution is 4.97. The van der Waals surface area contributed by atoms with Crippen LogP contribution in [0.1, 0.15) is 181 Å². The van der Waals surface area contributed by atoms with Crippen LogP contribution < -0.4 is 0 Å². The molecule has 0 unspecified atom stereocenters. The van der Waals surface area contributed by atoms with Crippen molar-refractivity contribution in [3.8, 4) is 0 Å². The molecule has 0 atom stereocenters. The van der Waals surface area contributed by atoms with Crippen LogP contribution in [0.2, 0.25) is 0 Å². The molecule has 0 spiro atoms. The normalized spacial score (nSPS) is 11.0.